The number of likely N-dealkylation sites (N-methyl/N-ethyl adjacent to an activating group) is 1. The predicted molar refractivity (Wildman–Crippen MR) is 72.5 cm³/mol. The first-order valence-corrected chi connectivity index (χ1v) is 7.01. The van der Waals surface area contributed by atoms with E-state index in [-0.39, 0.29) is 5.91 Å². The lowest BCUT2D eigenvalue weighted by Crippen LogP contribution is -2.51. The maximum Gasteiger partial charge on any atom is 0.221 e. The first-order chi connectivity index (χ1) is 8.65. The summed E-state index contributed by atoms with van der Waals surface area (Å²) in [6.07, 6.45) is 1.83. The van der Waals surface area contributed by atoms with Crippen molar-refractivity contribution in [1.29, 1.82) is 0 Å². The van der Waals surface area contributed by atoms with E-state index in [2.05, 4.69) is 34.5 Å². The number of amides is 1. The Hall–Kier alpha value is -0.650. The molecule has 2 unspecified atom stereocenters. The summed E-state index contributed by atoms with van der Waals surface area (Å²) in [6, 6.07) is 0.352. The summed E-state index contributed by atoms with van der Waals surface area (Å²) in [5.74, 6) is 0.839. The molecule has 2 fully saturated rings. The van der Waals surface area contributed by atoms with Crippen LogP contribution in [0.4, 0.5) is 0 Å². The Kier molecular flexibility index (Phi) is 4.97. The van der Waals surface area contributed by atoms with Gasteiger partial charge in [-0.25, -0.2) is 0 Å². The molecule has 5 nitrogen and oxygen atoms in total. The quantitative estimate of drug-likeness (QED) is 0.700. The minimum absolute atomic E-state index is 0.199. The maximum atomic E-state index is 11.9. The molecular formula is C13H26N4O. The highest BCUT2D eigenvalue weighted by Crippen LogP contribution is 2.13. The summed E-state index contributed by atoms with van der Waals surface area (Å²) >= 11 is 0. The molecule has 0 aromatic heterocycles. The Balaban J connectivity index is 1.65. The van der Waals surface area contributed by atoms with Gasteiger partial charge in [0.2, 0.25) is 5.91 Å². The minimum atomic E-state index is 0.199. The van der Waals surface area contributed by atoms with Crippen LogP contribution in [0, 0.1) is 5.92 Å². The van der Waals surface area contributed by atoms with E-state index in [1.54, 1.807) is 0 Å². The Bertz CT molecular complexity index is 284. The third kappa shape index (κ3) is 3.93. The van der Waals surface area contributed by atoms with E-state index >= 15 is 0 Å². The maximum absolute atomic E-state index is 11.9. The van der Waals surface area contributed by atoms with Crippen molar-refractivity contribution in [3.63, 3.8) is 0 Å². The summed E-state index contributed by atoms with van der Waals surface area (Å²) in [7, 11) is 4.25. The second-order valence-corrected chi connectivity index (χ2v) is 5.76. The van der Waals surface area contributed by atoms with Gasteiger partial charge >= 0.3 is 0 Å². The van der Waals surface area contributed by atoms with Crippen molar-refractivity contribution in [1.82, 2.24) is 20.4 Å². The molecule has 2 heterocycles. The first-order valence-electron chi connectivity index (χ1n) is 7.01. The number of nitrogens with zero attached hydrogens (tertiary/aromatic N) is 2. The molecule has 0 bridgehead atoms. The van der Waals surface area contributed by atoms with Crippen LogP contribution in [0.25, 0.3) is 0 Å². The fraction of sp³-hybridized carbons (Fsp3) is 0.923. The molecule has 2 aliphatic heterocycles. The number of hydrogen-bond acceptors (Lipinski definition) is 4. The van der Waals surface area contributed by atoms with E-state index in [9.17, 15) is 4.79 Å². The van der Waals surface area contributed by atoms with Crippen molar-refractivity contribution < 1.29 is 4.79 Å². The fourth-order valence-electron chi connectivity index (χ4n) is 2.83. The fourth-order valence-corrected chi connectivity index (χ4v) is 2.83. The molecule has 0 radical (unpaired) electrons. The number of piperazine rings is 1. The topological polar surface area (TPSA) is 47.6 Å². The standard InChI is InChI=1S/C13H26N4O/c1-16-5-3-11(10-16)8-15-13(18)7-12-9-14-4-6-17(12)2/h11-12,14H,3-10H2,1-2H3,(H,15,18). The van der Waals surface area contributed by atoms with E-state index < -0.39 is 0 Å². The Labute approximate surface area is 110 Å². The van der Waals surface area contributed by atoms with Crippen molar-refractivity contribution >= 4 is 5.91 Å². The number of likely N-dealkylation sites (tertiary alicyclic amines) is 1. The lowest BCUT2D eigenvalue weighted by atomic mass is 10.1. The largest absolute Gasteiger partial charge is 0.356 e. The van der Waals surface area contributed by atoms with Crippen molar-refractivity contribution in [2.45, 2.75) is 18.9 Å². The number of carbonyl (C=O) groups is 1. The molecule has 1 amide bonds. The van der Waals surface area contributed by atoms with Gasteiger partial charge in [0.25, 0.3) is 0 Å². The van der Waals surface area contributed by atoms with E-state index in [1.807, 2.05) is 0 Å². The van der Waals surface area contributed by atoms with Crippen LogP contribution in [-0.2, 0) is 4.79 Å². The van der Waals surface area contributed by atoms with Crippen molar-refractivity contribution in [2.75, 3.05) is 53.4 Å². The van der Waals surface area contributed by atoms with Crippen LogP contribution >= 0.6 is 0 Å². The van der Waals surface area contributed by atoms with E-state index in [1.165, 1.54) is 6.42 Å². The monoisotopic (exact) mass is 254 g/mol. The lowest BCUT2D eigenvalue weighted by molar-refractivity contribution is -0.122. The van der Waals surface area contributed by atoms with Gasteiger partial charge in [0, 0.05) is 45.2 Å². The van der Waals surface area contributed by atoms with E-state index in [0.29, 0.717) is 18.4 Å². The molecule has 0 aliphatic carbocycles. The third-order valence-electron chi connectivity index (χ3n) is 4.14. The summed E-state index contributed by atoms with van der Waals surface area (Å²) in [4.78, 5) is 16.5. The highest BCUT2D eigenvalue weighted by Gasteiger charge is 2.23. The third-order valence-corrected chi connectivity index (χ3v) is 4.14. The normalized spacial score (nSPS) is 30.6. The molecule has 2 atom stereocenters. The second-order valence-electron chi connectivity index (χ2n) is 5.76. The summed E-state index contributed by atoms with van der Waals surface area (Å²) in [5, 5.41) is 6.44. The zero-order chi connectivity index (χ0) is 13.0. The van der Waals surface area contributed by atoms with Gasteiger partial charge in [0.1, 0.15) is 0 Å². The first kappa shape index (κ1) is 13.8. The van der Waals surface area contributed by atoms with Gasteiger partial charge in [-0.1, -0.05) is 0 Å². The zero-order valence-corrected chi connectivity index (χ0v) is 11.6. The van der Waals surface area contributed by atoms with Crippen molar-refractivity contribution in [3.8, 4) is 0 Å². The number of hydrogen-bond donors (Lipinski definition) is 2. The summed E-state index contributed by atoms with van der Waals surface area (Å²) in [6.45, 7) is 6.11. The highest BCUT2D eigenvalue weighted by atomic mass is 16.1. The Morgan fingerprint density at radius 2 is 2.22 bits per heavy atom. The molecule has 2 saturated heterocycles. The van der Waals surface area contributed by atoms with Gasteiger partial charge in [-0.2, -0.15) is 0 Å². The van der Waals surface area contributed by atoms with Crippen LogP contribution < -0.4 is 10.6 Å². The van der Waals surface area contributed by atoms with Crippen LogP contribution in [0.2, 0.25) is 0 Å². The Morgan fingerprint density at radius 3 is 2.89 bits per heavy atom. The van der Waals surface area contributed by atoms with Crippen LogP contribution in [0.5, 0.6) is 0 Å². The van der Waals surface area contributed by atoms with Crippen LogP contribution in [0.1, 0.15) is 12.8 Å². The van der Waals surface area contributed by atoms with Crippen LogP contribution in [0.3, 0.4) is 0 Å². The molecule has 2 rings (SSSR count). The average Bonchev–Trinajstić information content (AvgIpc) is 2.76. The van der Waals surface area contributed by atoms with Gasteiger partial charge < -0.3 is 20.4 Å². The molecule has 2 aliphatic rings. The van der Waals surface area contributed by atoms with Gasteiger partial charge in [0.05, 0.1) is 0 Å². The minimum Gasteiger partial charge on any atom is -0.356 e. The van der Waals surface area contributed by atoms with E-state index in [0.717, 1.165) is 39.3 Å². The molecule has 0 aromatic rings. The zero-order valence-electron chi connectivity index (χ0n) is 11.6. The van der Waals surface area contributed by atoms with Gasteiger partial charge in [0.15, 0.2) is 0 Å². The second kappa shape index (κ2) is 6.50. The SMILES string of the molecule is CN1CCC(CNC(=O)CC2CNCCN2C)C1. The number of carbonyl (C=O) groups excluding carboxylic acids is 1. The van der Waals surface area contributed by atoms with Crippen molar-refractivity contribution in [2.24, 2.45) is 5.92 Å². The Morgan fingerprint density at radius 1 is 1.39 bits per heavy atom. The van der Waals surface area contributed by atoms with Gasteiger partial charge in [-0.05, 0) is 33.0 Å². The van der Waals surface area contributed by atoms with Crippen LogP contribution in [-0.4, -0.2) is 75.1 Å². The lowest BCUT2D eigenvalue weighted by Gasteiger charge is -2.32. The summed E-state index contributed by atoms with van der Waals surface area (Å²) in [5.41, 5.74) is 0. The molecule has 5 heteroatoms. The van der Waals surface area contributed by atoms with Crippen LogP contribution in [0.15, 0.2) is 0 Å². The van der Waals surface area contributed by atoms with Gasteiger partial charge in [-0.15, -0.1) is 0 Å². The molecule has 18 heavy (non-hydrogen) atoms. The average molecular weight is 254 g/mol. The summed E-state index contributed by atoms with van der Waals surface area (Å²) < 4.78 is 0. The number of nitrogens with one attached hydrogen (secondary N) is 2. The molecule has 2 N–H and O–H groups in total. The smallest absolute Gasteiger partial charge is 0.221 e. The van der Waals surface area contributed by atoms with E-state index in [4.69, 9.17) is 0 Å². The molecular weight excluding hydrogens is 228 g/mol. The number of rotatable bonds is 4. The highest BCUT2D eigenvalue weighted by molar-refractivity contribution is 5.76. The molecule has 0 saturated carbocycles. The molecule has 0 spiro atoms. The molecule has 0 aromatic carbocycles. The van der Waals surface area contributed by atoms with Gasteiger partial charge in [-0.3, -0.25) is 4.79 Å². The predicted octanol–water partition coefficient (Wildman–Crippen LogP) is -0.652. The van der Waals surface area contributed by atoms with Crippen molar-refractivity contribution in [3.05, 3.63) is 0 Å². The molecule has 104 valence electrons.